The number of nitrogens with zero attached hydrogens (tertiary/aromatic N) is 4. The average Bonchev–Trinajstić information content (AvgIpc) is 3.27. The van der Waals surface area contributed by atoms with Gasteiger partial charge in [-0.2, -0.15) is 0 Å². The van der Waals surface area contributed by atoms with Crippen LogP contribution in [0.15, 0.2) is 48.5 Å². The van der Waals surface area contributed by atoms with E-state index in [0.717, 1.165) is 55.6 Å². The van der Waals surface area contributed by atoms with Crippen LogP contribution in [0.4, 0.5) is 0 Å². The molecule has 0 aliphatic carbocycles. The van der Waals surface area contributed by atoms with Crippen LogP contribution in [0, 0.1) is 0 Å². The first kappa shape index (κ1) is 21.3. The van der Waals surface area contributed by atoms with Crippen LogP contribution in [-0.4, -0.2) is 67.2 Å². The number of hydrogen-bond donors (Lipinski definition) is 2. The predicted molar refractivity (Wildman–Crippen MR) is 117 cm³/mol. The molecule has 0 bridgehead atoms. The maximum atomic E-state index is 5.76. The summed E-state index contributed by atoms with van der Waals surface area (Å²) in [6, 6.07) is 16.2. The van der Waals surface area contributed by atoms with Crippen LogP contribution in [0.1, 0.15) is 29.9 Å². The second-order valence-electron chi connectivity index (χ2n) is 7.98. The van der Waals surface area contributed by atoms with Crippen LogP contribution >= 0.6 is 0 Å². The molecule has 0 amide bonds. The summed E-state index contributed by atoms with van der Waals surface area (Å²) in [7, 11) is 3.40. The Kier molecular flexibility index (Phi) is 6.79. The molecule has 0 unspecified atom stereocenters. The van der Waals surface area contributed by atoms with Crippen LogP contribution in [0.3, 0.4) is 0 Å². The van der Waals surface area contributed by atoms with Crippen LogP contribution in [-0.2, 0) is 6.54 Å². The van der Waals surface area contributed by atoms with Gasteiger partial charge in [0.1, 0.15) is 37.7 Å². The van der Waals surface area contributed by atoms with Gasteiger partial charge in [-0.25, -0.2) is 4.68 Å². The molecule has 0 spiro atoms. The predicted octanol–water partition coefficient (Wildman–Crippen LogP) is -0.369. The van der Waals surface area contributed by atoms with Gasteiger partial charge < -0.3 is 19.3 Å². The maximum Gasteiger partial charge on any atom is 0.214 e. The van der Waals surface area contributed by atoms with E-state index in [9.17, 15) is 0 Å². The third-order valence-electron chi connectivity index (χ3n) is 6.25. The van der Waals surface area contributed by atoms with E-state index in [2.05, 4.69) is 40.6 Å². The lowest BCUT2D eigenvalue weighted by Gasteiger charge is -2.34. The number of ether oxygens (including phenoxy) is 2. The van der Waals surface area contributed by atoms with Crippen molar-refractivity contribution in [3.8, 4) is 11.5 Å². The van der Waals surface area contributed by atoms with Crippen molar-refractivity contribution in [1.29, 1.82) is 0 Å². The van der Waals surface area contributed by atoms with Crippen molar-refractivity contribution in [2.45, 2.75) is 19.5 Å². The molecule has 164 valence electrons. The Morgan fingerprint density at radius 1 is 1.00 bits per heavy atom. The van der Waals surface area contributed by atoms with Crippen LogP contribution in [0.2, 0.25) is 0 Å². The minimum Gasteiger partial charge on any atom is -0.497 e. The Morgan fingerprint density at radius 3 is 2.45 bits per heavy atom. The minimum atomic E-state index is -0.0397. The van der Waals surface area contributed by atoms with Crippen molar-refractivity contribution in [2.24, 2.45) is 0 Å². The SMILES string of the molecule is CC[NH+]1CC[NH+]([C@H](c2cc(OC)ccc2OC)c2nnnn2Cc2ccccc2)CC1. The highest BCUT2D eigenvalue weighted by Gasteiger charge is 2.37. The summed E-state index contributed by atoms with van der Waals surface area (Å²) in [6.07, 6.45) is 0. The Bertz CT molecular complexity index is 969. The van der Waals surface area contributed by atoms with E-state index >= 15 is 0 Å². The third kappa shape index (κ3) is 4.70. The molecule has 1 aliphatic rings. The number of quaternary nitrogens is 2. The van der Waals surface area contributed by atoms with Crippen LogP contribution in [0.5, 0.6) is 11.5 Å². The quantitative estimate of drug-likeness (QED) is 0.517. The molecule has 3 aromatic rings. The van der Waals surface area contributed by atoms with Gasteiger partial charge in [-0.3, -0.25) is 0 Å². The highest BCUT2D eigenvalue weighted by molar-refractivity contribution is 5.43. The van der Waals surface area contributed by atoms with Crippen molar-refractivity contribution in [3.63, 3.8) is 0 Å². The van der Waals surface area contributed by atoms with Gasteiger partial charge in [-0.05, 0) is 41.1 Å². The van der Waals surface area contributed by atoms with Crippen molar-refractivity contribution in [1.82, 2.24) is 20.2 Å². The largest absolute Gasteiger partial charge is 0.497 e. The Morgan fingerprint density at radius 2 is 1.77 bits per heavy atom. The maximum absolute atomic E-state index is 5.76. The second-order valence-corrected chi connectivity index (χ2v) is 7.98. The van der Waals surface area contributed by atoms with Gasteiger partial charge in [0.15, 0.2) is 6.04 Å². The van der Waals surface area contributed by atoms with Gasteiger partial charge in [0, 0.05) is 0 Å². The summed E-state index contributed by atoms with van der Waals surface area (Å²) in [6.45, 7) is 8.41. The number of aromatic nitrogens is 4. The molecule has 1 saturated heterocycles. The van der Waals surface area contributed by atoms with Gasteiger partial charge in [0.2, 0.25) is 5.82 Å². The second kappa shape index (κ2) is 9.89. The minimum absolute atomic E-state index is 0.0397. The van der Waals surface area contributed by atoms with Gasteiger partial charge >= 0.3 is 0 Å². The number of methoxy groups -OCH3 is 2. The van der Waals surface area contributed by atoms with Gasteiger partial charge in [0.05, 0.1) is 32.9 Å². The lowest BCUT2D eigenvalue weighted by molar-refractivity contribution is -1.02. The lowest BCUT2D eigenvalue weighted by Crippen LogP contribution is -3.28. The number of hydrogen-bond acceptors (Lipinski definition) is 5. The molecule has 1 aromatic heterocycles. The monoisotopic (exact) mass is 424 g/mol. The number of nitrogens with one attached hydrogen (secondary N) is 2. The van der Waals surface area contributed by atoms with Crippen molar-refractivity contribution in [2.75, 3.05) is 46.9 Å². The summed E-state index contributed by atoms with van der Waals surface area (Å²) in [4.78, 5) is 3.09. The standard InChI is InChI=1S/C23H30N6O2/c1-4-27-12-14-28(15-13-27)22(20-16-19(30-2)10-11-21(20)31-3)23-24-25-26-29(23)17-18-8-6-5-7-9-18/h5-11,16,22H,4,12-15,17H2,1-3H3/p+2/t22-/m1/s1. The first-order valence-corrected chi connectivity index (χ1v) is 10.9. The summed E-state index contributed by atoms with van der Waals surface area (Å²) >= 11 is 0. The Balaban J connectivity index is 1.75. The molecule has 0 saturated carbocycles. The molecule has 1 atom stereocenters. The highest BCUT2D eigenvalue weighted by atomic mass is 16.5. The van der Waals surface area contributed by atoms with E-state index in [1.807, 2.05) is 35.0 Å². The molecule has 2 N–H and O–H groups in total. The van der Waals surface area contributed by atoms with Gasteiger partial charge in [-0.15, -0.1) is 5.10 Å². The number of tetrazole rings is 1. The van der Waals surface area contributed by atoms with E-state index in [4.69, 9.17) is 9.47 Å². The number of likely N-dealkylation sites (N-methyl/N-ethyl adjacent to an activating group) is 1. The molecule has 8 heteroatoms. The Labute approximate surface area is 183 Å². The number of rotatable bonds is 8. The van der Waals surface area contributed by atoms with E-state index in [1.54, 1.807) is 19.1 Å². The third-order valence-corrected chi connectivity index (χ3v) is 6.25. The lowest BCUT2D eigenvalue weighted by atomic mass is 10.0. The van der Waals surface area contributed by atoms with Gasteiger partial charge in [0.25, 0.3) is 0 Å². The molecule has 0 radical (unpaired) electrons. The van der Waals surface area contributed by atoms with Crippen LogP contribution < -0.4 is 19.3 Å². The summed E-state index contributed by atoms with van der Waals surface area (Å²) in [5.74, 6) is 2.49. The number of benzene rings is 2. The Hall–Kier alpha value is -2.97. The smallest absolute Gasteiger partial charge is 0.214 e. The van der Waals surface area contributed by atoms with E-state index in [1.165, 1.54) is 10.5 Å². The van der Waals surface area contributed by atoms with Crippen LogP contribution in [0.25, 0.3) is 0 Å². The normalized spacial score (nSPS) is 19.7. The molecule has 2 heterocycles. The summed E-state index contributed by atoms with van der Waals surface area (Å²) < 4.78 is 13.2. The number of piperazine rings is 1. The fraction of sp³-hybridized carbons (Fsp3) is 0.435. The first-order valence-electron chi connectivity index (χ1n) is 10.9. The van der Waals surface area contributed by atoms with Crippen molar-refractivity contribution < 1.29 is 19.3 Å². The van der Waals surface area contributed by atoms with Gasteiger partial charge in [-0.1, -0.05) is 30.3 Å². The summed E-state index contributed by atoms with van der Waals surface area (Å²) in [5.41, 5.74) is 2.23. The van der Waals surface area contributed by atoms with E-state index in [-0.39, 0.29) is 6.04 Å². The van der Waals surface area contributed by atoms with E-state index in [0.29, 0.717) is 6.54 Å². The highest BCUT2D eigenvalue weighted by Crippen LogP contribution is 2.31. The first-order chi connectivity index (χ1) is 15.2. The molecular formula is C23H32N6O2+2. The fourth-order valence-electron chi connectivity index (χ4n) is 4.46. The van der Waals surface area contributed by atoms with E-state index < -0.39 is 0 Å². The molecular weight excluding hydrogens is 392 g/mol. The topological polar surface area (TPSA) is 70.9 Å². The van der Waals surface area contributed by atoms with Crippen molar-refractivity contribution >= 4 is 0 Å². The molecule has 8 nitrogen and oxygen atoms in total. The molecule has 2 aromatic carbocycles. The zero-order valence-corrected chi connectivity index (χ0v) is 18.5. The molecule has 1 aliphatic heterocycles. The average molecular weight is 425 g/mol. The zero-order chi connectivity index (χ0) is 21.6. The summed E-state index contributed by atoms with van der Waals surface area (Å²) in [5, 5.41) is 12.9. The molecule has 31 heavy (non-hydrogen) atoms. The van der Waals surface area contributed by atoms with Crippen molar-refractivity contribution in [3.05, 3.63) is 65.5 Å². The zero-order valence-electron chi connectivity index (χ0n) is 18.5. The molecule has 1 fully saturated rings. The fourth-order valence-corrected chi connectivity index (χ4v) is 4.46. The molecule has 4 rings (SSSR count).